The second kappa shape index (κ2) is 4.79. The largest absolute Gasteiger partial charge is 0.475 e. The van der Waals surface area contributed by atoms with Crippen LogP contribution in [0.5, 0.6) is 0 Å². The molecule has 0 saturated carbocycles. The first-order valence-electron chi connectivity index (χ1n) is 5.51. The van der Waals surface area contributed by atoms with Crippen LogP contribution < -0.4 is 0 Å². The van der Waals surface area contributed by atoms with Gasteiger partial charge in [-0.05, 0) is 19.9 Å². The van der Waals surface area contributed by atoms with Crippen LogP contribution in [-0.4, -0.2) is 25.8 Å². The fourth-order valence-electron chi connectivity index (χ4n) is 1.70. The lowest BCUT2D eigenvalue weighted by Gasteiger charge is -1.98. The standard InChI is InChI=1S/C11H11F2N3O3/c1-3-16-6(4-5(2)15-16)10-14-7(9(12)13)8(19-10)11(17)18/h4,9H,3H2,1-2H3,(H,17,18). The molecule has 102 valence electrons. The van der Waals surface area contributed by atoms with E-state index in [1.807, 2.05) is 6.92 Å². The van der Waals surface area contributed by atoms with Crippen molar-refractivity contribution in [1.29, 1.82) is 0 Å². The van der Waals surface area contributed by atoms with E-state index in [-0.39, 0.29) is 5.89 Å². The maximum Gasteiger partial charge on any atom is 0.374 e. The monoisotopic (exact) mass is 271 g/mol. The molecule has 0 spiro atoms. The molecule has 0 aliphatic rings. The molecule has 0 unspecified atom stereocenters. The van der Waals surface area contributed by atoms with Crippen LogP contribution >= 0.6 is 0 Å². The van der Waals surface area contributed by atoms with Gasteiger partial charge in [-0.25, -0.2) is 18.6 Å². The summed E-state index contributed by atoms with van der Waals surface area (Å²) in [4.78, 5) is 14.4. The van der Waals surface area contributed by atoms with Crippen LogP contribution in [0.2, 0.25) is 0 Å². The number of carboxylic acids is 1. The summed E-state index contributed by atoms with van der Waals surface area (Å²) < 4.78 is 31.8. The van der Waals surface area contributed by atoms with Crippen molar-refractivity contribution in [2.45, 2.75) is 26.8 Å². The molecule has 2 aromatic rings. The molecule has 0 radical (unpaired) electrons. The van der Waals surface area contributed by atoms with E-state index in [2.05, 4.69) is 10.1 Å². The van der Waals surface area contributed by atoms with Gasteiger partial charge in [0.1, 0.15) is 5.69 Å². The average Bonchev–Trinajstić information content (AvgIpc) is 2.91. The van der Waals surface area contributed by atoms with Crippen molar-refractivity contribution in [2.75, 3.05) is 0 Å². The minimum atomic E-state index is -3.01. The number of carboxylic acid groups (broad SMARTS) is 1. The predicted octanol–water partition coefficient (Wildman–Crippen LogP) is 2.50. The number of halogens is 2. The van der Waals surface area contributed by atoms with Gasteiger partial charge in [-0.1, -0.05) is 0 Å². The number of hydrogen-bond donors (Lipinski definition) is 1. The number of aryl methyl sites for hydroxylation is 2. The van der Waals surface area contributed by atoms with E-state index in [1.165, 1.54) is 4.68 Å². The fraction of sp³-hybridized carbons (Fsp3) is 0.364. The Morgan fingerprint density at radius 2 is 2.26 bits per heavy atom. The molecule has 2 heterocycles. The molecule has 0 aliphatic carbocycles. The van der Waals surface area contributed by atoms with Gasteiger partial charge in [0.25, 0.3) is 6.43 Å². The molecule has 0 saturated heterocycles. The molecule has 8 heteroatoms. The van der Waals surface area contributed by atoms with E-state index in [9.17, 15) is 13.6 Å². The first-order chi connectivity index (χ1) is 8.93. The van der Waals surface area contributed by atoms with E-state index >= 15 is 0 Å². The lowest BCUT2D eigenvalue weighted by atomic mass is 10.3. The van der Waals surface area contributed by atoms with Gasteiger partial charge in [0, 0.05) is 6.54 Å². The van der Waals surface area contributed by atoms with E-state index in [4.69, 9.17) is 9.52 Å². The predicted molar refractivity (Wildman–Crippen MR) is 60.1 cm³/mol. The molecule has 6 nitrogen and oxygen atoms in total. The summed E-state index contributed by atoms with van der Waals surface area (Å²) in [5, 5.41) is 12.9. The Balaban J connectivity index is 2.57. The molecule has 0 atom stereocenters. The molecule has 0 aromatic carbocycles. The summed E-state index contributed by atoms with van der Waals surface area (Å²) in [5.74, 6) is -2.59. The van der Waals surface area contributed by atoms with Crippen LogP contribution in [-0.2, 0) is 6.54 Å². The van der Waals surface area contributed by atoms with Gasteiger partial charge in [0.15, 0.2) is 5.69 Å². The van der Waals surface area contributed by atoms with E-state index in [0.717, 1.165) is 0 Å². The fourth-order valence-corrected chi connectivity index (χ4v) is 1.70. The molecule has 0 amide bonds. The summed E-state index contributed by atoms with van der Waals surface area (Å²) in [7, 11) is 0. The molecule has 2 aromatic heterocycles. The van der Waals surface area contributed by atoms with Crippen molar-refractivity contribution in [2.24, 2.45) is 0 Å². The molecule has 2 rings (SSSR count). The van der Waals surface area contributed by atoms with Gasteiger partial charge >= 0.3 is 5.97 Å². The summed E-state index contributed by atoms with van der Waals surface area (Å²) in [5.41, 5.74) is 0.156. The van der Waals surface area contributed by atoms with Gasteiger partial charge in [0.2, 0.25) is 11.7 Å². The quantitative estimate of drug-likeness (QED) is 0.923. The number of alkyl halides is 2. The summed E-state index contributed by atoms with van der Waals surface area (Å²) >= 11 is 0. The summed E-state index contributed by atoms with van der Waals surface area (Å²) in [6, 6.07) is 1.59. The van der Waals surface area contributed by atoms with Crippen molar-refractivity contribution in [1.82, 2.24) is 14.8 Å². The zero-order chi connectivity index (χ0) is 14.2. The second-order valence-corrected chi connectivity index (χ2v) is 3.83. The van der Waals surface area contributed by atoms with Crippen LogP contribution in [0.25, 0.3) is 11.6 Å². The first kappa shape index (κ1) is 13.2. The molecule has 0 bridgehead atoms. The second-order valence-electron chi connectivity index (χ2n) is 3.83. The number of oxazole rings is 1. The SMILES string of the molecule is CCn1nc(C)cc1-c1nc(C(F)F)c(C(=O)O)o1. The highest BCUT2D eigenvalue weighted by molar-refractivity contribution is 5.86. The van der Waals surface area contributed by atoms with Crippen LogP contribution in [0.15, 0.2) is 10.5 Å². The van der Waals surface area contributed by atoms with E-state index in [1.54, 1.807) is 13.0 Å². The lowest BCUT2D eigenvalue weighted by Crippen LogP contribution is -2.00. The number of aromatic nitrogens is 3. The Bertz CT molecular complexity index is 619. The third-order valence-corrected chi connectivity index (χ3v) is 2.48. The Kier molecular flexibility index (Phi) is 3.32. The smallest absolute Gasteiger partial charge is 0.374 e. The minimum Gasteiger partial charge on any atom is -0.475 e. The first-order valence-corrected chi connectivity index (χ1v) is 5.51. The van der Waals surface area contributed by atoms with E-state index < -0.39 is 23.8 Å². The van der Waals surface area contributed by atoms with Crippen molar-refractivity contribution >= 4 is 5.97 Å². The number of hydrogen-bond acceptors (Lipinski definition) is 4. The molecule has 0 aliphatic heterocycles. The van der Waals surface area contributed by atoms with Crippen molar-refractivity contribution in [3.8, 4) is 11.6 Å². The third kappa shape index (κ3) is 2.33. The van der Waals surface area contributed by atoms with Gasteiger partial charge in [-0.15, -0.1) is 0 Å². The Labute approximate surface area is 106 Å². The topological polar surface area (TPSA) is 81.2 Å². The zero-order valence-corrected chi connectivity index (χ0v) is 10.2. The molecular formula is C11H11F2N3O3. The highest BCUT2D eigenvalue weighted by Gasteiger charge is 2.27. The Hall–Kier alpha value is -2.25. The van der Waals surface area contributed by atoms with E-state index in [0.29, 0.717) is 17.9 Å². The molecule has 19 heavy (non-hydrogen) atoms. The Morgan fingerprint density at radius 1 is 1.58 bits per heavy atom. The Morgan fingerprint density at radius 3 is 2.74 bits per heavy atom. The van der Waals surface area contributed by atoms with Gasteiger partial charge in [0.05, 0.1) is 5.69 Å². The summed E-state index contributed by atoms with van der Waals surface area (Å²) in [6.07, 6.45) is -3.01. The number of carbonyl (C=O) groups is 1. The van der Waals surface area contributed by atoms with Crippen LogP contribution in [0.3, 0.4) is 0 Å². The highest BCUT2D eigenvalue weighted by Crippen LogP contribution is 2.28. The number of nitrogens with zero attached hydrogens (tertiary/aromatic N) is 3. The maximum absolute atomic E-state index is 12.7. The minimum absolute atomic E-state index is 0.171. The van der Waals surface area contributed by atoms with Gasteiger partial charge in [-0.3, -0.25) is 4.68 Å². The van der Waals surface area contributed by atoms with Crippen LogP contribution in [0.1, 0.15) is 35.3 Å². The normalized spacial score (nSPS) is 11.2. The molecule has 0 fully saturated rings. The number of rotatable bonds is 4. The van der Waals surface area contributed by atoms with Gasteiger partial charge in [-0.2, -0.15) is 5.10 Å². The molecular weight excluding hydrogens is 260 g/mol. The average molecular weight is 271 g/mol. The summed E-state index contributed by atoms with van der Waals surface area (Å²) in [6.45, 7) is 4.02. The highest BCUT2D eigenvalue weighted by atomic mass is 19.3. The molecule has 1 N–H and O–H groups in total. The van der Waals surface area contributed by atoms with Crippen molar-refractivity contribution < 1.29 is 23.1 Å². The maximum atomic E-state index is 12.7. The number of aromatic carboxylic acids is 1. The van der Waals surface area contributed by atoms with Crippen LogP contribution in [0, 0.1) is 6.92 Å². The van der Waals surface area contributed by atoms with Crippen molar-refractivity contribution in [3.63, 3.8) is 0 Å². The van der Waals surface area contributed by atoms with Crippen molar-refractivity contribution in [3.05, 3.63) is 23.2 Å². The van der Waals surface area contributed by atoms with Crippen LogP contribution in [0.4, 0.5) is 8.78 Å². The third-order valence-electron chi connectivity index (χ3n) is 2.48. The zero-order valence-electron chi connectivity index (χ0n) is 10.2. The van der Waals surface area contributed by atoms with Gasteiger partial charge < -0.3 is 9.52 Å². The lowest BCUT2D eigenvalue weighted by molar-refractivity contribution is 0.0646.